The molecule has 0 spiro atoms. The van der Waals surface area contributed by atoms with Gasteiger partial charge in [0.15, 0.2) is 0 Å². The molecule has 0 aliphatic carbocycles. The van der Waals surface area contributed by atoms with E-state index in [2.05, 4.69) is 11.6 Å². The number of hydrogen-bond donors (Lipinski definition) is 3. The summed E-state index contributed by atoms with van der Waals surface area (Å²) < 4.78 is 0. The number of nitrogens with one attached hydrogen (secondary N) is 1. The molecule has 1 atom stereocenters. The molecule has 5 N–H and O–H groups in total. The lowest BCUT2D eigenvalue weighted by Gasteiger charge is -2.18. The first kappa shape index (κ1) is 15.0. The fourth-order valence-electron chi connectivity index (χ4n) is 1.58. The number of carbonyl (C=O) groups excluding carboxylic acids is 1. The summed E-state index contributed by atoms with van der Waals surface area (Å²) in [6.45, 7) is 2.04. The molecule has 1 aromatic rings. The van der Waals surface area contributed by atoms with Crippen molar-refractivity contribution in [1.29, 1.82) is 0 Å². The van der Waals surface area contributed by atoms with Gasteiger partial charge in [-0.15, -0.1) is 0 Å². The molecule has 0 aliphatic heterocycles. The maximum Gasteiger partial charge on any atom is 0.250 e. The van der Waals surface area contributed by atoms with Gasteiger partial charge < -0.3 is 16.8 Å². The van der Waals surface area contributed by atoms with Crippen molar-refractivity contribution in [1.82, 2.24) is 0 Å². The van der Waals surface area contributed by atoms with E-state index in [1.807, 2.05) is 6.92 Å². The van der Waals surface area contributed by atoms with Gasteiger partial charge in [0.2, 0.25) is 0 Å². The zero-order valence-corrected chi connectivity index (χ0v) is 12.1. The lowest BCUT2D eigenvalue weighted by molar-refractivity contribution is 0.100. The van der Waals surface area contributed by atoms with Crippen molar-refractivity contribution in [2.45, 2.75) is 19.4 Å². The third kappa shape index (κ3) is 3.99. The molecule has 0 radical (unpaired) electrons. The molecule has 0 fully saturated rings. The number of benzene rings is 1. The topological polar surface area (TPSA) is 81.1 Å². The minimum Gasteiger partial charge on any atom is -0.399 e. The smallest absolute Gasteiger partial charge is 0.250 e. The quantitative estimate of drug-likeness (QED) is 0.703. The van der Waals surface area contributed by atoms with Crippen LogP contribution in [0, 0.1) is 0 Å². The Bertz CT molecular complexity index is 440. The zero-order valence-electron chi connectivity index (χ0n) is 10.5. The van der Waals surface area contributed by atoms with Crippen molar-refractivity contribution in [3.8, 4) is 0 Å². The van der Waals surface area contributed by atoms with E-state index in [1.54, 1.807) is 17.8 Å². The number of nitrogen functional groups attached to an aromatic ring is 1. The second-order valence-electron chi connectivity index (χ2n) is 4.12. The monoisotopic (exact) mass is 287 g/mol. The number of amides is 1. The number of anilines is 2. The van der Waals surface area contributed by atoms with E-state index in [-0.39, 0.29) is 6.04 Å². The fourth-order valence-corrected chi connectivity index (χ4v) is 2.45. The highest BCUT2D eigenvalue weighted by Crippen LogP contribution is 2.30. The third-order valence-electron chi connectivity index (χ3n) is 2.52. The van der Waals surface area contributed by atoms with E-state index in [9.17, 15) is 4.79 Å². The highest BCUT2D eigenvalue weighted by atomic mass is 35.5. The first-order chi connectivity index (χ1) is 8.45. The van der Waals surface area contributed by atoms with Crippen molar-refractivity contribution in [3.63, 3.8) is 0 Å². The second-order valence-corrected chi connectivity index (χ2v) is 5.51. The highest BCUT2D eigenvalue weighted by Gasteiger charge is 2.15. The van der Waals surface area contributed by atoms with Gasteiger partial charge in [-0.2, -0.15) is 11.8 Å². The molecule has 1 unspecified atom stereocenters. The Morgan fingerprint density at radius 3 is 2.78 bits per heavy atom. The Balaban J connectivity index is 2.96. The van der Waals surface area contributed by atoms with Crippen molar-refractivity contribution < 1.29 is 4.79 Å². The lowest BCUT2D eigenvalue weighted by atomic mass is 10.1. The molecule has 1 rings (SSSR count). The number of rotatable bonds is 6. The Morgan fingerprint density at radius 2 is 2.22 bits per heavy atom. The van der Waals surface area contributed by atoms with E-state index in [0.29, 0.717) is 22.0 Å². The van der Waals surface area contributed by atoms with Crippen molar-refractivity contribution >= 4 is 40.6 Å². The van der Waals surface area contributed by atoms with E-state index >= 15 is 0 Å². The number of carbonyl (C=O) groups is 1. The summed E-state index contributed by atoms with van der Waals surface area (Å²) in [6.07, 6.45) is 3.03. The average molecular weight is 288 g/mol. The molecular formula is C12H18ClN3OS. The van der Waals surface area contributed by atoms with E-state index in [1.165, 1.54) is 6.07 Å². The van der Waals surface area contributed by atoms with Crippen LogP contribution in [0.2, 0.25) is 5.02 Å². The standard InChI is InChI=1S/C12H18ClN3OS/c1-7(3-4-18-2)16-11-9(12(15)17)5-8(14)6-10(11)13/h5-7,16H,3-4,14H2,1-2H3,(H2,15,17). The Hall–Kier alpha value is -1.07. The summed E-state index contributed by atoms with van der Waals surface area (Å²) >= 11 is 7.87. The van der Waals surface area contributed by atoms with Crippen LogP contribution in [-0.2, 0) is 0 Å². The van der Waals surface area contributed by atoms with Crippen molar-refractivity contribution in [2.24, 2.45) is 5.73 Å². The summed E-state index contributed by atoms with van der Waals surface area (Å²) in [5, 5.41) is 3.64. The summed E-state index contributed by atoms with van der Waals surface area (Å²) in [5.41, 5.74) is 12.3. The molecule has 0 bridgehead atoms. The van der Waals surface area contributed by atoms with E-state index in [0.717, 1.165) is 12.2 Å². The van der Waals surface area contributed by atoms with Crippen LogP contribution in [0.1, 0.15) is 23.7 Å². The predicted octanol–water partition coefficient (Wildman–Crippen LogP) is 2.57. The molecular weight excluding hydrogens is 270 g/mol. The largest absolute Gasteiger partial charge is 0.399 e. The Kier molecular flexibility index (Phi) is 5.62. The molecule has 4 nitrogen and oxygen atoms in total. The molecule has 0 saturated heterocycles. The van der Waals surface area contributed by atoms with Crippen LogP contribution < -0.4 is 16.8 Å². The van der Waals surface area contributed by atoms with Crippen molar-refractivity contribution in [3.05, 3.63) is 22.7 Å². The average Bonchev–Trinajstić information content (AvgIpc) is 2.29. The first-order valence-corrected chi connectivity index (χ1v) is 7.37. The fraction of sp³-hybridized carbons (Fsp3) is 0.417. The van der Waals surface area contributed by atoms with Gasteiger partial charge in [-0.25, -0.2) is 0 Å². The van der Waals surface area contributed by atoms with Crippen LogP contribution in [0.3, 0.4) is 0 Å². The van der Waals surface area contributed by atoms with Crippen LogP contribution >= 0.6 is 23.4 Å². The van der Waals surface area contributed by atoms with Crippen LogP contribution in [0.15, 0.2) is 12.1 Å². The number of hydrogen-bond acceptors (Lipinski definition) is 4. The lowest BCUT2D eigenvalue weighted by Crippen LogP contribution is -2.21. The molecule has 0 heterocycles. The summed E-state index contributed by atoms with van der Waals surface area (Å²) in [4.78, 5) is 11.4. The molecule has 100 valence electrons. The Morgan fingerprint density at radius 1 is 1.56 bits per heavy atom. The van der Waals surface area contributed by atoms with Gasteiger partial charge in [0.25, 0.3) is 5.91 Å². The summed E-state index contributed by atoms with van der Waals surface area (Å²) in [6, 6.07) is 3.35. The van der Waals surface area contributed by atoms with Crippen LogP contribution in [0.4, 0.5) is 11.4 Å². The predicted molar refractivity (Wildman–Crippen MR) is 80.5 cm³/mol. The maximum atomic E-state index is 11.4. The molecule has 0 aromatic heterocycles. The summed E-state index contributed by atoms with van der Waals surface area (Å²) in [5.74, 6) is 0.496. The van der Waals surface area contributed by atoms with Crippen LogP contribution in [0.5, 0.6) is 0 Å². The zero-order chi connectivity index (χ0) is 13.7. The first-order valence-electron chi connectivity index (χ1n) is 5.60. The van der Waals surface area contributed by atoms with Gasteiger partial charge in [-0.1, -0.05) is 11.6 Å². The SMILES string of the molecule is CSCCC(C)Nc1c(Cl)cc(N)cc1C(N)=O. The van der Waals surface area contributed by atoms with Gasteiger partial charge in [-0.05, 0) is 37.5 Å². The number of primary amides is 1. The van der Waals surface area contributed by atoms with Gasteiger partial charge in [-0.3, -0.25) is 4.79 Å². The third-order valence-corrected chi connectivity index (χ3v) is 3.47. The molecule has 1 aromatic carbocycles. The maximum absolute atomic E-state index is 11.4. The number of halogens is 1. The number of thioether (sulfide) groups is 1. The van der Waals surface area contributed by atoms with Gasteiger partial charge in [0.1, 0.15) is 0 Å². The van der Waals surface area contributed by atoms with E-state index < -0.39 is 5.91 Å². The molecule has 1 amide bonds. The minimum atomic E-state index is -0.538. The second kappa shape index (κ2) is 6.75. The molecule has 18 heavy (non-hydrogen) atoms. The molecule has 0 aliphatic rings. The normalized spacial score (nSPS) is 12.2. The van der Waals surface area contributed by atoms with Crippen LogP contribution in [0.25, 0.3) is 0 Å². The van der Waals surface area contributed by atoms with Crippen molar-refractivity contribution in [2.75, 3.05) is 23.1 Å². The number of nitrogens with two attached hydrogens (primary N) is 2. The van der Waals surface area contributed by atoms with E-state index in [4.69, 9.17) is 23.1 Å². The van der Waals surface area contributed by atoms with Gasteiger partial charge in [0, 0.05) is 11.7 Å². The van der Waals surface area contributed by atoms with Gasteiger partial charge in [0.05, 0.1) is 16.3 Å². The molecule has 6 heteroatoms. The minimum absolute atomic E-state index is 0.205. The summed E-state index contributed by atoms with van der Waals surface area (Å²) in [7, 11) is 0. The van der Waals surface area contributed by atoms with Gasteiger partial charge >= 0.3 is 0 Å². The molecule has 0 saturated carbocycles. The van der Waals surface area contributed by atoms with Crippen LogP contribution in [-0.4, -0.2) is 24.0 Å². The Labute approximate surface area is 116 Å². The highest BCUT2D eigenvalue weighted by molar-refractivity contribution is 7.98.